The Bertz CT molecular complexity index is 1710. The van der Waals surface area contributed by atoms with E-state index >= 15 is 0 Å². The lowest BCUT2D eigenvalue weighted by Gasteiger charge is -2.35. The first-order chi connectivity index (χ1) is 20.2. The van der Waals surface area contributed by atoms with Crippen molar-refractivity contribution in [2.24, 2.45) is 0 Å². The molecule has 0 spiro atoms. The third kappa shape index (κ3) is 5.79. The minimum Gasteiger partial charge on any atom is -0.457 e. The molecule has 220 valence electrons. The number of carbonyl (C=O) groups excluding carboxylic acids is 1. The molecule has 6 rings (SSSR count). The fourth-order valence-corrected chi connectivity index (χ4v) is 6.62. The van der Waals surface area contributed by atoms with Crippen LogP contribution >= 0.6 is 0 Å². The van der Waals surface area contributed by atoms with Crippen molar-refractivity contribution in [3.8, 4) is 28.6 Å². The van der Waals surface area contributed by atoms with Gasteiger partial charge in [0.1, 0.15) is 22.9 Å². The normalized spacial score (nSPS) is 15.9. The highest BCUT2D eigenvalue weighted by molar-refractivity contribution is 7.92. The number of amides is 1. The molecule has 9 nitrogen and oxygen atoms in total. The molecule has 1 N–H and O–H groups in total. The SMILES string of the molecule is CNC(=O)Oc1c(-c2ccc(Oc3ccc(F)cc3)cc2)oc2cc(N(C3CCOCC3)S(C)(=O)=O)c(C3CC3)cc12. The Morgan fingerprint density at radius 2 is 1.62 bits per heavy atom. The number of anilines is 1. The average Bonchev–Trinajstić information content (AvgIpc) is 3.77. The van der Waals surface area contributed by atoms with Crippen LogP contribution in [0.15, 0.2) is 65.1 Å². The molecular weight excluding hydrogens is 563 g/mol. The highest BCUT2D eigenvalue weighted by Crippen LogP contribution is 2.50. The second kappa shape index (κ2) is 11.3. The van der Waals surface area contributed by atoms with E-state index in [2.05, 4.69) is 5.32 Å². The Labute approximate surface area is 243 Å². The van der Waals surface area contributed by atoms with Crippen molar-refractivity contribution in [2.75, 3.05) is 30.8 Å². The zero-order valence-electron chi connectivity index (χ0n) is 23.3. The summed E-state index contributed by atoms with van der Waals surface area (Å²) in [5.41, 5.74) is 2.50. The summed E-state index contributed by atoms with van der Waals surface area (Å²) < 4.78 is 64.5. The van der Waals surface area contributed by atoms with E-state index in [4.69, 9.17) is 18.6 Å². The lowest BCUT2D eigenvalue weighted by atomic mass is 10.0. The van der Waals surface area contributed by atoms with Crippen LogP contribution in [0.5, 0.6) is 17.2 Å². The number of halogens is 1. The van der Waals surface area contributed by atoms with Gasteiger partial charge in [0.05, 0.1) is 17.3 Å². The third-order valence-electron chi connectivity index (χ3n) is 7.49. The van der Waals surface area contributed by atoms with Crippen molar-refractivity contribution in [2.45, 2.75) is 37.6 Å². The summed E-state index contributed by atoms with van der Waals surface area (Å²) in [5, 5.41) is 3.06. The first kappa shape index (κ1) is 28.0. The number of hydrogen-bond donors (Lipinski definition) is 1. The molecular formula is C31H31FN2O7S. The maximum Gasteiger partial charge on any atom is 0.412 e. The van der Waals surface area contributed by atoms with E-state index < -0.39 is 16.1 Å². The number of fused-ring (bicyclic) bond motifs is 1. The molecule has 2 aliphatic rings. The van der Waals surface area contributed by atoms with Crippen LogP contribution in [0.2, 0.25) is 0 Å². The second-order valence-electron chi connectivity index (χ2n) is 10.6. The summed E-state index contributed by atoms with van der Waals surface area (Å²) in [6.45, 7) is 0.987. The number of sulfonamides is 1. The predicted octanol–water partition coefficient (Wildman–Crippen LogP) is 6.57. The van der Waals surface area contributed by atoms with Gasteiger partial charge < -0.3 is 23.9 Å². The van der Waals surface area contributed by atoms with Gasteiger partial charge in [-0.05, 0) is 91.8 Å². The van der Waals surface area contributed by atoms with Gasteiger partial charge in [-0.25, -0.2) is 17.6 Å². The van der Waals surface area contributed by atoms with Crippen molar-refractivity contribution in [1.82, 2.24) is 5.32 Å². The van der Waals surface area contributed by atoms with Gasteiger partial charge in [0, 0.05) is 37.9 Å². The van der Waals surface area contributed by atoms with Gasteiger partial charge in [-0.3, -0.25) is 4.31 Å². The fraction of sp³-hybridized carbons (Fsp3) is 0.323. The summed E-state index contributed by atoms with van der Waals surface area (Å²) in [7, 11) is -2.15. The molecule has 2 fully saturated rings. The van der Waals surface area contributed by atoms with E-state index in [1.807, 2.05) is 6.07 Å². The topological polar surface area (TPSA) is 107 Å². The standard InChI is InChI=1S/C31H31FN2O7S/c1-33-31(35)41-30-26-17-25(19-3-4-19)27(34(42(2,36)37)22-13-15-38-16-14-22)18-28(26)40-29(30)20-5-9-23(10-6-20)39-24-11-7-21(32)8-12-24/h5-12,17-19,22H,3-4,13-16H2,1-2H3,(H,33,35). The number of rotatable bonds is 8. The van der Waals surface area contributed by atoms with Crippen LogP contribution < -0.4 is 19.1 Å². The molecule has 0 atom stereocenters. The first-order valence-corrected chi connectivity index (χ1v) is 15.7. The van der Waals surface area contributed by atoms with Crippen LogP contribution in [0.25, 0.3) is 22.3 Å². The molecule has 1 amide bonds. The number of ether oxygens (including phenoxy) is 3. The van der Waals surface area contributed by atoms with Crippen molar-refractivity contribution in [1.29, 1.82) is 0 Å². The summed E-state index contributed by atoms with van der Waals surface area (Å²) in [6.07, 6.45) is 3.64. The lowest BCUT2D eigenvalue weighted by Crippen LogP contribution is -2.43. The van der Waals surface area contributed by atoms with Crippen LogP contribution in [-0.4, -0.2) is 47.1 Å². The Morgan fingerprint density at radius 3 is 2.21 bits per heavy atom. The molecule has 42 heavy (non-hydrogen) atoms. The minimum atomic E-state index is -3.62. The summed E-state index contributed by atoms with van der Waals surface area (Å²) in [4.78, 5) is 12.4. The molecule has 3 aromatic carbocycles. The van der Waals surface area contributed by atoms with E-state index in [0.717, 1.165) is 18.4 Å². The fourth-order valence-electron chi connectivity index (χ4n) is 5.35. The van der Waals surface area contributed by atoms with E-state index in [1.54, 1.807) is 30.3 Å². The van der Waals surface area contributed by atoms with Gasteiger partial charge in [-0.2, -0.15) is 0 Å². The smallest absolute Gasteiger partial charge is 0.412 e. The average molecular weight is 595 g/mol. The monoisotopic (exact) mass is 594 g/mol. The largest absolute Gasteiger partial charge is 0.457 e. The number of benzene rings is 3. The Kier molecular flexibility index (Phi) is 7.54. The van der Waals surface area contributed by atoms with E-state index in [0.29, 0.717) is 65.5 Å². The predicted molar refractivity (Wildman–Crippen MR) is 156 cm³/mol. The van der Waals surface area contributed by atoms with Crippen LogP contribution in [0.4, 0.5) is 14.9 Å². The van der Waals surface area contributed by atoms with Crippen LogP contribution in [0.1, 0.15) is 37.2 Å². The maximum absolute atomic E-state index is 13.3. The van der Waals surface area contributed by atoms with Gasteiger partial charge in [0.15, 0.2) is 11.5 Å². The minimum absolute atomic E-state index is 0.197. The third-order valence-corrected chi connectivity index (χ3v) is 8.70. The molecule has 1 saturated heterocycles. The highest BCUT2D eigenvalue weighted by atomic mass is 32.2. The van der Waals surface area contributed by atoms with Gasteiger partial charge in [0.2, 0.25) is 10.0 Å². The quantitative estimate of drug-likeness (QED) is 0.246. The molecule has 1 aromatic heterocycles. The second-order valence-corrected chi connectivity index (χ2v) is 12.4. The molecule has 1 aliphatic heterocycles. The summed E-state index contributed by atoms with van der Waals surface area (Å²) in [6, 6.07) is 16.1. The number of furan rings is 1. The van der Waals surface area contributed by atoms with Crippen molar-refractivity contribution in [3.05, 3.63) is 72.0 Å². The van der Waals surface area contributed by atoms with Gasteiger partial charge in [-0.1, -0.05) is 0 Å². The van der Waals surface area contributed by atoms with E-state index in [-0.39, 0.29) is 23.5 Å². The van der Waals surface area contributed by atoms with E-state index in [9.17, 15) is 17.6 Å². The molecule has 0 radical (unpaired) electrons. The molecule has 11 heteroatoms. The lowest BCUT2D eigenvalue weighted by molar-refractivity contribution is 0.0875. The number of nitrogens with zero attached hydrogens (tertiary/aromatic N) is 1. The molecule has 2 heterocycles. The number of nitrogens with one attached hydrogen (secondary N) is 1. The first-order valence-electron chi connectivity index (χ1n) is 13.8. The van der Waals surface area contributed by atoms with Crippen molar-refractivity contribution in [3.63, 3.8) is 0 Å². The molecule has 1 aliphatic carbocycles. The van der Waals surface area contributed by atoms with Crippen LogP contribution in [-0.2, 0) is 14.8 Å². The number of carbonyl (C=O) groups is 1. The number of hydrogen-bond acceptors (Lipinski definition) is 7. The van der Waals surface area contributed by atoms with Crippen LogP contribution in [0.3, 0.4) is 0 Å². The molecule has 0 bridgehead atoms. The van der Waals surface area contributed by atoms with E-state index in [1.165, 1.54) is 41.9 Å². The van der Waals surface area contributed by atoms with Gasteiger partial charge >= 0.3 is 6.09 Å². The maximum atomic E-state index is 13.3. The highest BCUT2D eigenvalue weighted by Gasteiger charge is 2.36. The van der Waals surface area contributed by atoms with Crippen molar-refractivity contribution < 1.29 is 36.2 Å². The molecule has 0 unspecified atom stereocenters. The Morgan fingerprint density at radius 1 is 0.976 bits per heavy atom. The Hall–Kier alpha value is -4.09. The summed E-state index contributed by atoms with van der Waals surface area (Å²) >= 11 is 0. The zero-order chi connectivity index (χ0) is 29.4. The van der Waals surface area contributed by atoms with Gasteiger partial charge in [0.25, 0.3) is 0 Å². The Balaban J connectivity index is 1.44. The van der Waals surface area contributed by atoms with Crippen molar-refractivity contribution >= 4 is 32.8 Å². The molecule has 1 saturated carbocycles. The molecule has 4 aromatic rings. The summed E-state index contributed by atoms with van der Waals surface area (Å²) in [5.74, 6) is 1.40. The van der Waals surface area contributed by atoms with Crippen LogP contribution in [0, 0.1) is 5.82 Å². The zero-order valence-corrected chi connectivity index (χ0v) is 24.1. The van der Waals surface area contributed by atoms with Gasteiger partial charge in [-0.15, -0.1) is 0 Å².